The minimum Gasteiger partial charge on any atom is -0.497 e. The Bertz CT molecular complexity index is 1120. The molecule has 0 amide bonds. The molecule has 0 bridgehead atoms. The van der Waals surface area contributed by atoms with Gasteiger partial charge in [0.05, 0.1) is 19.7 Å². The van der Waals surface area contributed by atoms with E-state index in [2.05, 4.69) is 32.2 Å². The van der Waals surface area contributed by atoms with Crippen LogP contribution < -0.4 is 20.1 Å². The molecule has 0 spiro atoms. The second-order valence-electron chi connectivity index (χ2n) is 7.39. The fraction of sp³-hybridized carbons (Fsp3) is 0.304. The fourth-order valence-corrected chi connectivity index (χ4v) is 3.18. The Kier molecular flexibility index (Phi) is 7.09. The number of methoxy groups -OCH3 is 2. The lowest BCUT2D eigenvalue weighted by molar-refractivity contribution is -0.141. The monoisotopic (exact) mass is 437 g/mol. The van der Waals surface area contributed by atoms with Crippen LogP contribution in [0.2, 0.25) is 0 Å². The quantitative estimate of drug-likeness (QED) is 0.384. The summed E-state index contributed by atoms with van der Waals surface area (Å²) in [6.45, 7) is 5.70. The van der Waals surface area contributed by atoms with E-state index in [0.717, 1.165) is 5.56 Å². The molecular weight excluding hydrogens is 410 g/mol. The van der Waals surface area contributed by atoms with Crippen molar-refractivity contribution in [2.75, 3.05) is 24.9 Å². The van der Waals surface area contributed by atoms with Crippen molar-refractivity contribution >= 4 is 28.8 Å². The highest BCUT2D eigenvalue weighted by Crippen LogP contribution is 2.28. The van der Waals surface area contributed by atoms with E-state index in [4.69, 9.17) is 9.47 Å². The van der Waals surface area contributed by atoms with Crippen LogP contribution in [-0.4, -0.2) is 45.8 Å². The molecule has 9 heteroatoms. The van der Waals surface area contributed by atoms with Gasteiger partial charge < -0.3 is 25.2 Å². The van der Waals surface area contributed by atoms with E-state index in [9.17, 15) is 9.90 Å². The number of pyridine rings is 1. The van der Waals surface area contributed by atoms with Crippen molar-refractivity contribution in [2.24, 2.45) is 0 Å². The second-order valence-corrected chi connectivity index (χ2v) is 7.39. The van der Waals surface area contributed by atoms with E-state index in [1.165, 1.54) is 0 Å². The average molecular weight is 438 g/mol. The second kappa shape index (κ2) is 9.95. The zero-order valence-electron chi connectivity index (χ0n) is 18.4. The lowest BCUT2D eigenvalue weighted by Gasteiger charge is -2.27. The van der Waals surface area contributed by atoms with E-state index in [1.54, 1.807) is 51.6 Å². The van der Waals surface area contributed by atoms with Crippen LogP contribution in [0, 0.1) is 0 Å². The predicted octanol–water partition coefficient (Wildman–Crippen LogP) is 3.88. The van der Waals surface area contributed by atoms with Gasteiger partial charge in [-0.05, 0) is 44.0 Å². The minimum absolute atomic E-state index is 0.335. The Morgan fingerprint density at radius 3 is 2.75 bits per heavy atom. The Balaban J connectivity index is 1.93. The zero-order valence-corrected chi connectivity index (χ0v) is 18.4. The van der Waals surface area contributed by atoms with Crippen LogP contribution in [0.3, 0.4) is 0 Å². The first-order valence-corrected chi connectivity index (χ1v) is 10.1. The smallest absolute Gasteiger partial charge is 0.329 e. The van der Waals surface area contributed by atoms with Gasteiger partial charge in [0.25, 0.3) is 0 Å². The summed E-state index contributed by atoms with van der Waals surface area (Å²) in [5.74, 6) is 1.05. The third kappa shape index (κ3) is 5.05. The summed E-state index contributed by atoms with van der Waals surface area (Å²) in [7, 11) is 3.19. The predicted molar refractivity (Wildman–Crippen MR) is 123 cm³/mol. The van der Waals surface area contributed by atoms with E-state index >= 15 is 0 Å². The van der Waals surface area contributed by atoms with Crippen LogP contribution in [0.4, 0.5) is 11.8 Å². The van der Waals surface area contributed by atoms with Gasteiger partial charge in [-0.1, -0.05) is 6.08 Å². The maximum Gasteiger partial charge on any atom is 0.329 e. The first-order chi connectivity index (χ1) is 15.4. The number of benzene rings is 1. The molecule has 168 valence electrons. The van der Waals surface area contributed by atoms with E-state index in [1.807, 2.05) is 12.1 Å². The van der Waals surface area contributed by atoms with Crippen molar-refractivity contribution in [3.8, 4) is 11.5 Å². The number of aliphatic carboxylic acids is 1. The number of ether oxygens (including phenoxy) is 2. The Labute approximate surface area is 186 Å². The van der Waals surface area contributed by atoms with Gasteiger partial charge in [0.2, 0.25) is 5.95 Å². The molecule has 1 atom stereocenters. The van der Waals surface area contributed by atoms with Gasteiger partial charge in [0.1, 0.15) is 22.6 Å². The number of hydrogen-bond donors (Lipinski definition) is 3. The number of nitrogens with zero attached hydrogens (tertiary/aromatic N) is 3. The van der Waals surface area contributed by atoms with Crippen molar-refractivity contribution in [1.82, 2.24) is 15.0 Å². The highest BCUT2D eigenvalue weighted by Gasteiger charge is 2.33. The van der Waals surface area contributed by atoms with Crippen LogP contribution in [-0.2, 0) is 11.3 Å². The molecule has 32 heavy (non-hydrogen) atoms. The molecule has 0 aliphatic heterocycles. The Morgan fingerprint density at radius 2 is 2.06 bits per heavy atom. The maximum absolute atomic E-state index is 12.0. The molecule has 0 radical (unpaired) electrons. The number of nitrogens with one attached hydrogen (secondary N) is 2. The first kappa shape index (κ1) is 22.8. The Morgan fingerprint density at radius 1 is 1.25 bits per heavy atom. The average Bonchev–Trinajstić information content (AvgIpc) is 2.81. The molecular formula is C23H27N5O4. The van der Waals surface area contributed by atoms with E-state index < -0.39 is 11.5 Å². The summed E-state index contributed by atoms with van der Waals surface area (Å²) in [5, 5.41) is 16.1. The molecule has 3 N–H and O–H groups in total. The zero-order chi connectivity index (χ0) is 23.1. The molecule has 0 aliphatic carbocycles. The number of fused-ring (bicyclic) bond motifs is 1. The lowest BCUT2D eigenvalue weighted by Crippen LogP contribution is -2.43. The summed E-state index contributed by atoms with van der Waals surface area (Å²) < 4.78 is 10.7. The number of allylic oxidation sites excluding steroid dienone is 1. The van der Waals surface area contributed by atoms with Crippen LogP contribution in [0.15, 0.2) is 49.2 Å². The number of rotatable bonds is 11. The number of carbonyl (C=O) groups is 1. The van der Waals surface area contributed by atoms with Crippen LogP contribution >= 0.6 is 0 Å². The highest BCUT2D eigenvalue weighted by molar-refractivity contribution is 5.90. The van der Waals surface area contributed by atoms with Gasteiger partial charge >= 0.3 is 5.97 Å². The van der Waals surface area contributed by atoms with E-state index in [-0.39, 0.29) is 0 Å². The SMILES string of the molecule is C=CCC[C@@](C)(Nc1nc(NCc2ccc(OC)cc2OC)nc2cccnc12)C(=O)O. The molecule has 0 saturated carbocycles. The molecule has 0 aliphatic rings. The molecule has 2 heterocycles. The number of aromatic nitrogens is 3. The van der Waals surface area contributed by atoms with Gasteiger partial charge in [-0.3, -0.25) is 4.98 Å². The molecule has 0 unspecified atom stereocenters. The van der Waals surface area contributed by atoms with Crippen molar-refractivity contribution in [1.29, 1.82) is 0 Å². The molecule has 0 saturated heterocycles. The van der Waals surface area contributed by atoms with Gasteiger partial charge in [0, 0.05) is 24.4 Å². The highest BCUT2D eigenvalue weighted by atomic mass is 16.5. The summed E-state index contributed by atoms with van der Waals surface area (Å²) in [6.07, 6.45) is 4.19. The van der Waals surface area contributed by atoms with Gasteiger partial charge in [-0.25, -0.2) is 9.78 Å². The topological polar surface area (TPSA) is 118 Å². The van der Waals surface area contributed by atoms with Gasteiger partial charge in [0.15, 0.2) is 5.82 Å². The van der Waals surface area contributed by atoms with Gasteiger partial charge in [-0.15, -0.1) is 6.58 Å². The third-order valence-corrected chi connectivity index (χ3v) is 5.10. The molecule has 3 aromatic rings. The summed E-state index contributed by atoms with van der Waals surface area (Å²) in [5.41, 5.74) is 0.722. The fourth-order valence-electron chi connectivity index (χ4n) is 3.18. The number of anilines is 2. The van der Waals surface area contributed by atoms with Crippen LogP contribution in [0.5, 0.6) is 11.5 Å². The van der Waals surface area contributed by atoms with Crippen molar-refractivity contribution in [3.63, 3.8) is 0 Å². The molecule has 2 aromatic heterocycles. The van der Waals surface area contributed by atoms with Gasteiger partial charge in [-0.2, -0.15) is 4.98 Å². The summed E-state index contributed by atoms with van der Waals surface area (Å²) in [6, 6.07) is 9.10. The maximum atomic E-state index is 12.0. The van der Waals surface area contributed by atoms with Crippen LogP contribution in [0.1, 0.15) is 25.3 Å². The summed E-state index contributed by atoms with van der Waals surface area (Å²) >= 11 is 0. The minimum atomic E-state index is -1.25. The lowest BCUT2D eigenvalue weighted by atomic mass is 9.96. The summed E-state index contributed by atoms with van der Waals surface area (Å²) in [4.78, 5) is 25.4. The number of hydrogen-bond acceptors (Lipinski definition) is 8. The van der Waals surface area contributed by atoms with E-state index in [0.29, 0.717) is 53.7 Å². The molecule has 9 nitrogen and oxygen atoms in total. The number of carboxylic acids is 1. The van der Waals surface area contributed by atoms with Crippen molar-refractivity contribution in [2.45, 2.75) is 31.8 Å². The van der Waals surface area contributed by atoms with Crippen molar-refractivity contribution < 1.29 is 19.4 Å². The standard InChI is InChI=1S/C23H27N5O4/c1-5-6-11-23(2,21(29)30)28-20-19-17(8-7-12-24-19)26-22(27-20)25-14-15-9-10-16(31-3)13-18(15)32-4/h5,7-10,12-13H,1,6,11,14H2,2-4H3,(H,29,30)(H2,25,26,27,28)/t23-/m1/s1. The molecule has 3 rings (SSSR count). The largest absolute Gasteiger partial charge is 0.497 e. The molecule has 1 aromatic carbocycles. The number of carboxylic acid groups (broad SMARTS) is 1. The third-order valence-electron chi connectivity index (χ3n) is 5.10. The molecule has 0 fully saturated rings. The van der Waals surface area contributed by atoms with Crippen molar-refractivity contribution in [3.05, 3.63) is 54.7 Å². The first-order valence-electron chi connectivity index (χ1n) is 10.1. The normalized spacial score (nSPS) is 12.6. The van der Waals surface area contributed by atoms with Crippen LogP contribution in [0.25, 0.3) is 11.0 Å². The Hall–Kier alpha value is -3.88.